The van der Waals surface area contributed by atoms with Crippen LogP contribution in [0.2, 0.25) is 0 Å². The monoisotopic (exact) mass is 330 g/mol. The van der Waals surface area contributed by atoms with E-state index in [0.29, 0.717) is 23.3 Å². The second-order valence-corrected chi connectivity index (χ2v) is 5.76. The van der Waals surface area contributed by atoms with E-state index < -0.39 is 5.56 Å². The Labute approximate surface area is 137 Å². The second kappa shape index (κ2) is 6.31. The number of nitrogens with zero attached hydrogens (tertiary/aromatic N) is 3. The van der Waals surface area contributed by atoms with Crippen LogP contribution >= 0.6 is 0 Å². The van der Waals surface area contributed by atoms with Crippen molar-refractivity contribution in [1.82, 2.24) is 20.3 Å². The SMILES string of the molecule is Cc1nn(CC(=O)N[C@H](C)Cc2ccco2)c(=O)c2noc(C)c12. The molecule has 3 aromatic rings. The zero-order chi connectivity index (χ0) is 17.3. The number of furan rings is 1. The molecule has 3 aromatic heterocycles. The summed E-state index contributed by atoms with van der Waals surface area (Å²) in [5, 5.41) is 11.4. The fraction of sp³-hybridized carbons (Fsp3) is 0.375. The van der Waals surface area contributed by atoms with Gasteiger partial charge >= 0.3 is 0 Å². The van der Waals surface area contributed by atoms with Crippen molar-refractivity contribution < 1.29 is 13.7 Å². The highest BCUT2D eigenvalue weighted by Crippen LogP contribution is 2.16. The van der Waals surface area contributed by atoms with Crippen molar-refractivity contribution >= 4 is 16.8 Å². The van der Waals surface area contributed by atoms with Crippen LogP contribution in [-0.4, -0.2) is 26.9 Å². The van der Waals surface area contributed by atoms with Crippen LogP contribution in [-0.2, 0) is 17.8 Å². The quantitative estimate of drug-likeness (QED) is 0.757. The molecule has 0 spiro atoms. The molecule has 24 heavy (non-hydrogen) atoms. The Kier molecular flexibility index (Phi) is 4.20. The van der Waals surface area contributed by atoms with Crippen molar-refractivity contribution in [3.05, 3.63) is 46.0 Å². The smallest absolute Gasteiger partial charge is 0.297 e. The van der Waals surface area contributed by atoms with Crippen molar-refractivity contribution in [1.29, 1.82) is 0 Å². The molecule has 0 saturated carbocycles. The molecule has 0 aliphatic carbocycles. The van der Waals surface area contributed by atoms with E-state index in [2.05, 4.69) is 15.6 Å². The Morgan fingerprint density at radius 2 is 2.21 bits per heavy atom. The number of hydrogen-bond donors (Lipinski definition) is 1. The van der Waals surface area contributed by atoms with Crippen molar-refractivity contribution in [2.45, 2.75) is 39.8 Å². The summed E-state index contributed by atoms with van der Waals surface area (Å²) < 4.78 is 11.4. The van der Waals surface area contributed by atoms with Gasteiger partial charge in [0, 0.05) is 12.5 Å². The van der Waals surface area contributed by atoms with Gasteiger partial charge in [0.25, 0.3) is 5.56 Å². The number of aryl methyl sites for hydroxylation is 2. The van der Waals surface area contributed by atoms with Gasteiger partial charge in [-0.25, -0.2) is 4.68 Å². The predicted molar refractivity (Wildman–Crippen MR) is 85.6 cm³/mol. The van der Waals surface area contributed by atoms with Crippen molar-refractivity contribution in [3.8, 4) is 0 Å². The van der Waals surface area contributed by atoms with Crippen LogP contribution in [0.1, 0.15) is 24.1 Å². The molecular weight excluding hydrogens is 312 g/mol. The first-order chi connectivity index (χ1) is 11.5. The maximum atomic E-state index is 12.4. The van der Waals surface area contributed by atoms with E-state index in [1.165, 1.54) is 0 Å². The molecule has 1 amide bonds. The molecule has 0 aromatic carbocycles. The first-order valence-electron chi connectivity index (χ1n) is 7.61. The third-order valence-corrected chi connectivity index (χ3v) is 3.72. The highest BCUT2D eigenvalue weighted by molar-refractivity contribution is 5.82. The van der Waals surface area contributed by atoms with Gasteiger partial charge < -0.3 is 14.3 Å². The van der Waals surface area contributed by atoms with Gasteiger partial charge in [-0.1, -0.05) is 5.16 Å². The third kappa shape index (κ3) is 3.08. The van der Waals surface area contributed by atoms with Crippen LogP contribution in [0.3, 0.4) is 0 Å². The lowest BCUT2D eigenvalue weighted by atomic mass is 10.2. The minimum absolute atomic E-state index is 0.126. The summed E-state index contributed by atoms with van der Waals surface area (Å²) in [5.74, 6) is 1.02. The number of carbonyl (C=O) groups is 1. The van der Waals surface area contributed by atoms with Gasteiger partial charge in [0.1, 0.15) is 18.1 Å². The second-order valence-electron chi connectivity index (χ2n) is 5.76. The van der Waals surface area contributed by atoms with Gasteiger partial charge in [-0.05, 0) is 32.9 Å². The van der Waals surface area contributed by atoms with Crippen molar-refractivity contribution in [2.24, 2.45) is 0 Å². The average molecular weight is 330 g/mol. The number of hydrogen-bond acceptors (Lipinski definition) is 6. The minimum Gasteiger partial charge on any atom is -0.469 e. The van der Waals surface area contributed by atoms with E-state index in [4.69, 9.17) is 8.94 Å². The first kappa shape index (κ1) is 16.0. The summed E-state index contributed by atoms with van der Waals surface area (Å²) in [5.41, 5.74) is 0.345. The lowest BCUT2D eigenvalue weighted by molar-refractivity contribution is -0.122. The molecule has 8 heteroatoms. The largest absolute Gasteiger partial charge is 0.469 e. The lowest BCUT2D eigenvalue weighted by Gasteiger charge is -2.13. The van der Waals surface area contributed by atoms with Crippen LogP contribution < -0.4 is 10.9 Å². The van der Waals surface area contributed by atoms with E-state index in [1.54, 1.807) is 26.2 Å². The summed E-state index contributed by atoms with van der Waals surface area (Å²) in [6, 6.07) is 3.52. The Hall–Kier alpha value is -2.90. The van der Waals surface area contributed by atoms with Crippen molar-refractivity contribution in [2.75, 3.05) is 0 Å². The molecular formula is C16H18N4O4. The van der Waals surface area contributed by atoms with Gasteiger partial charge in [0.05, 0.1) is 17.3 Å². The Balaban J connectivity index is 1.73. The Bertz CT molecular complexity index is 924. The molecule has 1 N–H and O–H groups in total. The van der Waals surface area contributed by atoms with Gasteiger partial charge in [-0.3, -0.25) is 9.59 Å². The summed E-state index contributed by atoms with van der Waals surface area (Å²) >= 11 is 0. The number of aromatic nitrogens is 3. The molecule has 0 aliphatic heterocycles. The van der Waals surface area contributed by atoms with E-state index in [0.717, 1.165) is 10.4 Å². The van der Waals surface area contributed by atoms with E-state index in [-0.39, 0.29) is 24.0 Å². The van der Waals surface area contributed by atoms with Gasteiger partial charge in [0.15, 0.2) is 5.52 Å². The van der Waals surface area contributed by atoms with Crippen LogP contribution in [0.5, 0.6) is 0 Å². The Morgan fingerprint density at radius 3 is 2.92 bits per heavy atom. The third-order valence-electron chi connectivity index (χ3n) is 3.72. The topological polar surface area (TPSA) is 103 Å². The molecule has 3 heterocycles. The fourth-order valence-electron chi connectivity index (χ4n) is 2.69. The minimum atomic E-state index is -0.443. The van der Waals surface area contributed by atoms with E-state index >= 15 is 0 Å². The maximum Gasteiger partial charge on any atom is 0.297 e. The van der Waals surface area contributed by atoms with Gasteiger partial charge in [-0.2, -0.15) is 5.10 Å². The Morgan fingerprint density at radius 1 is 1.42 bits per heavy atom. The maximum absolute atomic E-state index is 12.4. The number of amides is 1. The van der Waals surface area contributed by atoms with Crippen LogP contribution in [0.25, 0.3) is 10.9 Å². The molecule has 0 fully saturated rings. The molecule has 3 rings (SSSR count). The highest BCUT2D eigenvalue weighted by atomic mass is 16.5. The molecule has 8 nitrogen and oxygen atoms in total. The van der Waals surface area contributed by atoms with E-state index in [9.17, 15) is 9.59 Å². The predicted octanol–water partition coefficient (Wildman–Crippen LogP) is 1.34. The zero-order valence-electron chi connectivity index (χ0n) is 13.7. The molecule has 0 bridgehead atoms. The molecule has 0 aliphatic rings. The molecule has 1 atom stereocenters. The standard InChI is InChI=1S/C16H18N4O4/c1-9(7-12-5-4-6-23-12)17-13(21)8-20-16(22)15-14(10(2)18-20)11(3)24-19-15/h4-6,9H,7-8H2,1-3H3,(H,17,21)/t9-/m1/s1. The fourth-order valence-corrected chi connectivity index (χ4v) is 2.69. The number of fused-ring (bicyclic) bond motifs is 1. The molecule has 0 saturated heterocycles. The van der Waals surface area contributed by atoms with Crippen LogP contribution in [0.15, 0.2) is 32.1 Å². The lowest BCUT2D eigenvalue weighted by Crippen LogP contribution is -2.39. The van der Waals surface area contributed by atoms with Crippen LogP contribution in [0, 0.1) is 13.8 Å². The van der Waals surface area contributed by atoms with Gasteiger partial charge in [0.2, 0.25) is 5.91 Å². The van der Waals surface area contributed by atoms with Gasteiger partial charge in [-0.15, -0.1) is 0 Å². The molecule has 0 radical (unpaired) electrons. The number of rotatable bonds is 5. The number of carbonyl (C=O) groups excluding carboxylic acids is 1. The summed E-state index contributed by atoms with van der Waals surface area (Å²) in [6.07, 6.45) is 2.16. The summed E-state index contributed by atoms with van der Waals surface area (Å²) in [4.78, 5) is 24.5. The zero-order valence-corrected chi connectivity index (χ0v) is 13.7. The number of nitrogens with one attached hydrogen (secondary N) is 1. The highest BCUT2D eigenvalue weighted by Gasteiger charge is 2.17. The summed E-state index contributed by atoms with van der Waals surface area (Å²) in [6.45, 7) is 5.16. The van der Waals surface area contributed by atoms with Crippen molar-refractivity contribution in [3.63, 3.8) is 0 Å². The normalized spacial score (nSPS) is 12.5. The molecule has 0 unspecified atom stereocenters. The molecule has 126 valence electrons. The first-order valence-corrected chi connectivity index (χ1v) is 7.61. The van der Waals surface area contributed by atoms with E-state index in [1.807, 2.05) is 13.0 Å². The summed E-state index contributed by atoms with van der Waals surface area (Å²) in [7, 11) is 0. The average Bonchev–Trinajstić information content (AvgIpc) is 3.14. The van der Waals surface area contributed by atoms with Crippen LogP contribution in [0.4, 0.5) is 0 Å².